The number of fused-ring (bicyclic) bond motifs is 1. The Labute approximate surface area is 158 Å². The Bertz CT molecular complexity index is 656. The molecular weight excluding hydrogens is 350 g/mol. The van der Waals surface area contributed by atoms with Gasteiger partial charge in [0.1, 0.15) is 0 Å². The van der Waals surface area contributed by atoms with E-state index in [0.29, 0.717) is 39.4 Å². The van der Waals surface area contributed by atoms with Crippen molar-refractivity contribution in [1.29, 1.82) is 0 Å². The van der Waals surface area contributed by atoms with Gasteiger partial charge in [-0.3, -0.25) is 14.5 Å². The molecule has 0 bridgehead atoms. The quantitative estimate of drug-likeness (QED) is 0.794. The summed E-state index contributed by atoms with van der Waals surface area (Å²) in [7, 11) is 0. The van der Waals surface area contributed by atoms with Crippen LogP contribution in [0.4, 0.5) is 0 Å². The van der Waals surface area contributed by atoms with Gasteiger partial charge in [0, 0.05) is 37.6 Å². The summed E-state index contributed by atoms with van der Waals surface area (Å²) < 4.78 is 5.34. The van der Waals surface area contributed by atoms with Crippen molar-refractivity contribution in [2.24, 2.45) is 5.92 Å². The molecule has 4 rings (SSSR count). The number of likely N-dealkylation sites (tertiary alicyclic amines) is 1. The van der Waals surface area contributed by atoms with Crippen LogP contribution in [0.2, 0.25) is 0 Å². The molecule has 1 aromatic heterocycles. The lowest BCUT2D eigenvalue weighted by atomic mass is 9.96. The third kappa shape index (κ3) is 3.94. The highest BCUT2D eigenvalue weighted by atomic mass is 32.1. The van der Waals surface area contributed by atoms with Crippen LogP contribution in [0.3, 0.4) is 0 Å². The predicted molar refractivity (Wildman–Crippen MR) is 100 cm³/mol. The number of morpholine rings is 1. The molecule has 2 amide bonds. The van der Waals surface area contributed by atoms with Gasteiger partial charge in [-0.25, -0.2) is 0 Å². The number of thiophene rings is 1. The SMILES string of the molecule is O=C(CN1CCCC(C(=O)N2CCOCC2)C1)N1CCc2sccc2C1. The van der Waals surface area contributed by atoms with Crippen molar-refractivity contribution in [3.05, 3.63) is 21.9 Å². The van der Waals surface area contributed by atoms with Crippen LogP contribution in [0.25, 0.3) is 0 Å². The zero-order valence-electron chi connectivity index (χ0n) is 15.2. The van der Waals surface area contributed by atoms with Crippen LogP contribution < -0.4 is 0 Å². The minimum absolute atomic E-state index is 0.0273. The normalized spacial score (nSPS) is 24.4. The molecule has 0 radical (unpaired) electrons. The molecule has 3 aliphatic rings. The van der Waals surface area contributed by atoms with E-state index in [0.717, 1.165) is 38.9 Å². The highest BCUT2D eigenvalue weighted by Gasteiger charge is 2.31. The lowest BCUT2D eigenvalue weighted by molar-refractivity contribution is -0.143. The molecule has 0 spiro atoms. The smallest absolute Gasteiger partial charge is 0.237 e. The molecule has 1 aromatic rings. The summed E-state index contributed by atoms with van der Waals surface area (Å²) in [5.74, 6) is 0.465. The molecular formula is C19H27N3O3S. The first-order valence-corrected chi connectivity index (χ1v) is 10.5. The maximum absolute atomic E-state index is 12.8. The van der Waals surface area contributed by atoms with Crippen LogP contribution in [-0.4, -0.2) is 79.0 Å². The van der Waals surface area contributed by atoms with Crippen molar-refractivity contribution in [1.82, 2.24) is 14.7 Å². The molecule has 6 nitrogen and oxygen atoms in total. The highest BCUT2D eigenvalue weighted by Crippen LogP contribution is 2.25. The first-order chi connectivity index (χ1) is 12.7. The molecule has 2 fully saturated rings. The van der Waals surface area contributed by atoms with Crippen LogP contribution in [0.1, 0.15) is 23.3 Å². The van der Waals surface area contributed by atoms with Crippen LogP contribution in [-0.2, 0) is 27.3 Å². The van der Waals surface area contributed by atoms with E-state index in [-0.39, 0.29) is 17.7 Å². The number of amides is 2. The highest BCUT2D eigenvalue weighted by molar-refractivity contribution is 7.10. The molecule has 0 N–H and O–H groups in total. The van der Waals surface area contributed by atoms with E-state index in [1.54, 1.807) is 11.3 Å². The number of ether oxygens (including phenoxy) is 1. The van der Waals surface area contributed by atoms with Gasteiger partial charge < -0.3 is 14.5 Å². The van der Waals surface area contributed by atoms with Gasteiger partial charge in [0.15, 0.2) is 0 Å². The molecule has 0 saturated carbocycles. The number of hydrogen-bond donors (Lipinski definition) is 0. The van der Waals surface area contributed by atoms with Gasteiger partial charge in [-0.15, -0.1) is 11.3 Å². The van der Waals surface area contributed by atoms with Crippen molar-refractivity contribution in [3.8, 4) is 0 Å². The summed E-state index contributed by atoms with van der Waals surface area (Å²) in [6, 6.07) is 2.14. The zero-order valence-corrected chi connectivity index (χ0v) is 16.0. The van der Waals surface area contributed by atoms with E-state index in [4.69, 9.17) is 4.74 Å². The summed E-state index contributed by atoms with van der Waals surface area (Å²) in [5.41, 5.74) is 1.30. The fraction of sp³-hybridized carbons (Fsp3) is 0.684. The summed E-state index contributed by atoms with van der Waals surface area (Å²) in [5, 5.41) is 2.12. The second-order valence-electron chi connectivity index (χ2n) is 7.45. The number of hydrogen-bond acceptors (Lipinski definition) is 5. The average molecular weight is 378 g/mol. The lowest BCUT2D eigenvalue weighted by Crippen LogP contribution is -2.50. The van der Waals surface area contributed by atoms with E-state index in [9.17, 15) is 9.59 Å². The van der Waals surface area contributed by atoms with Crippen molar-refractivity contribution in [2.45, 2.75) is 25.8 Å². The van der Waals surface area contributed by atoms with E-state index < -0.39 is 0 Å². The first kappa shape index (κ1) is 17.9. The fourth-order valence-electron chi connectivity index (χ4n) is 4.20. The van der Waals surface area contributed by atoms with Crippen molar-refractivity contribution >= 4 is 23.2 Å². The second kappa shape index (κ2) is 8.06. The maximum Gasteiger partial charge on any atom is 0.237 e. The van der Waals surface area contributed by atoms with Crippen molar-refractivity contribution < 1.29 is 14.3 Å². The van der Waals surface area contributed by atoms with Crippen molar-refractivity contribution in [3.63, 3.8) is 0 Å². The molecule has 142 valence electrons. The predicted octanol–water partition coefficient (Wildman–Crippen LogP) is 1.20. The minimum Gasteiger partial charge on any atom is -0.378 e. The summed E-state index contributed by atoms with van der Waals surface area (Å²) in [6.07, 6.45) is 2.89. The molecule has 2 saturated heterocycles. The van der Waals surface area contributed by atoms with E-state index in [2.05, 4.69) is 16.3 Å². The van der Waals surface area contributed by atoms with Crippen LogP contribution >= 0.6 is 11.3 Å². The van der Waals surface area contributed by atoms with E-state index >= 15 is 0 Å². The van der Waals surface area contributed by atoms with E-state index in [1.807, 2.05) is 9.80 Å². The molecule has 0 aromatic carbocycles. The second-order valence-corrected chi connectivity index (χ2v) is 8.45. The van der Waals surface area contributed by atoms with Gasteiger partial charge >= 0.3 is 0 Å². The molecule has 1 atom stereocenters. The largest absolute Gasteiger partial charge is 0.378 e. The monoisotopic (exact) mass is 377 g/mol. The summed E-state index contributed by atoms with van der Waals surface area (Å²) in [4.78, 5) is 33.0. The molecule has 1 unspecified atom stereocenters. The van der Waals surface area contributed by atoms with Crippen molar-refractivity contribution in [2.75, 3.05) is 52.5 Å². The Morgan fingerprint density at radius 1 is 1.15 bits per heavy atom. The fourth-order valence-corrected chi connectivity index (χ4v) is 5.08. The maximum atomic E-state index is 12.8. The Kier molecular flexibility index (Phi) is 5.57. The van der Waals surface area contributed by atoms with Gasteiger partial charge in [-0.1, -0.05) is 0 Å². The van der Waals surface area contributed by atoms with Gasteiger partial charge in [-0.2, -0.15) is 0 Å². The van der Waals surface area contributed by atoms with Gasteiger partial charge in [0.25, 0.3) is 0 Å². The first-order valence-electron chi connectivity index (χ1n) is 9.62. The van der Waals surface area contributed by atoms with Crippen LogP contribution in [0.15, 0.2) is 11.4 Å². The number of rotatable bonds is 3. The molecule has 26 heavy (non-hydrogen) atoms. The number of carbonyl (C=O) groups is 2. The Morgan fingerprint density at radius 3 is 2.85 bits per heavy atom. The zero-order chi connectivity index (χ0) is 17.9. The third-order valence-electron chi connectivity index (χ3n) is 5.70. The number of piperidine rings is 1. The lowest BCUT2D eigenvalue weighted by Gasteiger charge is -2.37. The van der Waals surface area contributed by atoms with Crippen LogP contribution in [0, 0.1) is 5.92 Å². The standard InChI is InChI=1S/C19H27N3O3S/c23-18(22-6-3-17-15(13-22)4-11-26-17)14-20-5-1-2-16(12-20)19(24)21-7-9-25-10-8-21/h4,11,16H,1-3,5-10,12-14H2. The Balaban J connectivity index is 1.30. The molecule has 7 heteroatoms. The summed E-state index contributed by atoms with van der Waals surface area (Å²) >= 11 is 1.79. The number of nitrogens with zero attached hydrogens (tertiary/aromatic N) is 3. The topological polar surface area (TPSA) is 53.1 Å². The van der Waals surface area contributed by atoms with E-state index in [1.165, 1.54) is 10.4 Å². The third-order valence-corrected chi connectivity index (χ3v) is 6.72. The minimum atomic E-state index is 0.0273. The Morgan fingerprint density at radius 2 is 2.00 bits per heavy atom. The molecule has 4 heterocycles. The Hall–Kier alpha value is -1.44. The van der Waals surface area contributed by atoms with Gasteiger partial charge in [0.05, 0.1) is 25.7 Å². The molecule has 3 aliphatic heterocycles. The van der Waals surface area contributed by atoms with Crippen LogP contribution in [0.5, 0.6) is 0 Å². The average Bonchev–Trinajstić information content (AvgIpc) is 3.16. The van der Waals surface area contributed by atoms with Gasteiger partial charge in [-0.05, 0) is 42.8 Å². The number of carbonyl (C=O) groups excluding carboxylic acids is 2. The summed E-state index contributed by atoms with van der Waals surface area (Å²) in [6.45, 7) is 6.29. The van der Waals surface area contributed by atoms with Gasteiger partial charge in [0.2, 0.25) is 11.8 Å². The molecule has 0 aliphatic carbocycles.